The summed E-state index contributed by atoms with van der Waals surface area (Å²) >= 11 is 0. The Balaban J connectivity index is 2.71. The third-order valence-electron chi connectivity index (χ3n) is 1.89. The first-order valence-corrected chi connectivity index (χ1v) is 3.92. The molecule has 0 unspecified atom stereocenters. The Morgan fingerprint density at radius 3 is 3.00 bits per heavy atom. The summed E-state index contributed by atoms with van der Waals surface area (Å²) in [6, 6.07) is 1.34. The van der Waals surface area contributed by atoms with Crippen molar-refractivity contribution in [3.05, 3.63) is 12.4 Å². The molecule has 1 aliphatic rings. The Hall–Kier alpha value is -1.41. The number of nitriles is 1. The molecule has 0 aromatic carbocycles. The van der Waals surface area contributed by atoms with Gasteiger partial charge in [0.2, 0.25) is 0 Å². The quantitative estimate of drug-likeness (QED) is 0.572. The minimum absolute atomic E-state index is 0.347. The van der Waals surface area contributed by atoms with Gasteiger partial charge in [-0.2, -0.15) is 5.26 Å². The topological polar surface area (TPSA) is 56.1 Å². The van der Waals surface area contributed by atoms with Gasteiger partial charge in [-0.3, -0.25) is 4.79 Å². The lowest BCUT2D eigenvalue weighted by Crippen LogP contribution is -2.53. The second-order valence-electron chi connectivity index (χ2n) is 2.75. The molecule has 4 nitrogen and oxygen atoms in total. The van der Waals surface area contributed by atoms with Gasteiger partial charge >= 0.3 is 0 Å². The van der Waals surface area contributed by atoms with Crippen LogP contribution in [0.2, 0.25) is 0 Å². The van der Waals surface area contributed by atoms with E-state index in [0.717, 1.165) is 0 Å². The second kappa shape index (κ2) is 4.01. The van der Waals surface area contributed by atoms with Gasteiger partial charge in [-0.05, 0) is 0 Å². The van der Waals surface area contributed by atoms with E-state index in [9.17, 15) is 9.18 Å². The number of carbonyl (C=O) groups is 1. The van der Waals surface area contributed by atoms with Gasteiger partial charge in [0, 0.05) is 19.6 Å². The van der Waals surface area contributed by atoms with Gasteiger partial charge in [0.25, 0.3) is 5.91 Å². The van der Waals surface area contributed by atoms with Gasteiger partial charge in [-0.15, -0.1) is 0 Å². The first-order chi connectivity index (χ1) is 6.16. The van der Waals surface area contributed by atoms with Gasteiger partial charge in [0.05, 0.1) is 6.07 Å². The van der Waals surface area contributed by atoms with Crippen LogP contribution in [0.5, 0.6) is 0 Å². The highest BCUT2D eigenvalue weighted by Gasteiger charge is 2.27. The van der Waals surface area contributed by atoms with Crippen molar-refractivity contribution in [1.29, 1.82) is 5.26 Å². The van der Waals surface area contributed by atoms with Crippen LogP contribution in [0.4, 0.5) is 4.39 Å². The number of hydrogen-bond acceptors (Lipinski definition) is 3. The Labute approximate surface area is 75.6 Å². The molecule has 0 saturated carbocycles. The zero-order chi connectivity index (χ0) is 9.84. The summed E-state index contributed by atoms with van der Waals surface area (Å²) in [7, 11) is 0. The molecule has 1 atom stereocenters. The summed E-state index contributed by atoms with van der Waals surface area (Å²) in [6.07, 6.45) is 0. The minimum atomic E-state index is -1.01. The number of carbonyl (C=O) groups excluding carboxylic acids is 1. The van der Waals surface area contributed by atoms with Crippen molar-refractivity contribution in [3.63, 3.8) is 0 Å². The number of halogens is 1. The van der Waals surface area contributed by atoms with E-state index in [1.54, 1.807) is 0 Å². The van der Waals surface area contributed by atoms with Crippen LogP contribution in [0, 0.1) is 11.3 Å². The molecule has 0 radical (unpaired) electrons. The standard InChI is InChI=1S/C8H10FN3O/c1-6(9)8(13)12-3-2-11-5-7(12)4-10/h7,11H,1-3,5H2/t7-/m1/s1. The smallest absolute Gasteiger partial charge is 0.283 e. The van der Waals surface area contributed by atoms with E-state index in [-0.39, 0.29) is 0 Å². The average Bonchev–Trinajstić information content (AvgIpc) is 2.16. The molecule has 1 amide bonds. The van der Waals surface area contributed by atoms with Gasteiger partial charge < -0.3 is 10.2 Å². The van der Waals surface area contributed by atoms with Crippen LogP contribution in [0.25, 0.3) is 0 Å². The molecule has 1 heterocycles. The SMILES string of the molecule is C=C(F)C(=O)N1CCNC[C@H]1C#N. The number of nitrogens with zero attached hydrogens (tertiary/aromatic N) is 2. The normalized spacial score (nSPS) is 22.2. The zero-order valence-corrected chi connectivity index (χ0v) is 7.09. The van der Waals surface area contributed by atoms with E-state index in [2.05, 4.69) is 11.9 Å². The molecule has 0 aromatic rings. The summed E-state index contributed by atoms with van der Waals surface area (Å²) in [6.45, 7) is 4.22. The lowest BCUT2D eigenvalue weighted by atomic mass is 10.2. The molecule has 0 aromatic heterocycles. The van der Waals surface area contributed by atoms with Crippen molar-refractivity contribution >= 4 is 5.91 Å². The van der Waals surface area contributed by atoms with Crippen molar-refractivity contribution in [3.8, 4) is 6.07 Å². The van der Waals surface area contributed by atoms with Crippen LogP contribution in [0.3, 0.4) is 0 Å². The minimum Gasteiger partial charge on any atom is -0.318 e. The molecule has 1 saturated heterocycles. The number of amides is 1. The van der Waals surface area contributed by atoms with Crippen LogP contribution in [-0.2, 0) is 4.79 Å². The van der Waals surface area contributed by atoms with Crippen LogP contribution in [-0.4, -0.2) is 36.5 Å². The lowest BCUT2D eigenvalue weighted by molar-refractivity contribution is -0.130. The summed E-state index contributed by atoms with van der Waals surface area (Å²) in [4.78, 5) is 12.3. The fourth-order valence-electron chi connectivity index (χ4n) is 1.22. The van der Waals surface area contributed by atoms with E-state index < -0.39 is 17.8 Å². The third kappa shape index (κ3) is 2.04. The van der Waals surface area contributed by atoms with E-state index >= 15 is 0 Å². The zero-order valence-electron chi connectivity index (χ0n) is 7.09. The van der Waals surface area contributed by atoms with Crippen LogP contribution >= 0.6 is 0 Å². The fourth-order valence-corrected chi connectivity index (χ4v) is 1.22. The number of hydrogen-bond donors (Lipinski definition) is 1. The average molecular weight is 183 g/mol. The molecule has 70 valence electrons. The molecule has 5 heteroatoms. The van der Waals surface area contributed by atoms with Crippen molar-refractivity contribution in [2.75, 3.05) is 19.6 Å². The van der Waals surface area contributed by atoms with Gasteiger partial charge in [-0.25, -0.2) is 4.39 Å². The predicted molar refractivity (Wildman–Crippen MR) is 44.2 cm³/mol. The summed E-state index contributed by atoms with van der Waals surface area (Å²) in [5.41, 5.74) is 0. The maximum absolute atomic E-state index is 12.5. The number of piperazine rings is 1. The van der Waals surface area contributed by atoms with E-state index in [1.807, 2.05) is 6.07 Å². The van der Waals surface area contributed by atoms with Gasteiger partial charge in [0.1, 0.15) is 6.04 Å². The summed E-state index contributed by atoms with van der Waals surface area (Å²) in [5, 5.41) is 11.6. The highest BCUT2D eigenvalue weighted by molar-refractivity contribution is 5.91. The molecular weight excluding hydrogens is 173 g/mol. The van der Waals surface area contributed by atoms with Crippen LogP contribution < -0.4 is 5.32 Å². The Morgan fingerprint density at radius 2 is 2.46 bits per heavy atom. The van der Waals surface area contributed by atoms with Crippen LogP contribution in [0.15, 0.2) is 12.4 Å². The molecule has 1 rings (SSSR count). The van der Waals surface area contributed by atoms with E-state index in [4.69, 9.17) is 5.26 Å². The maximum atomic E-state index is 12.5. The molecule has 0 spiro atoms. The molecular formula is C8H10FN3O. The van der Waals surface area contributed by atoms with E-state index in [1.165, 1.54) is 4.90 Å². The molecule has 1 aliphatic heterocycles. The van der Waals surface area contributed by atoms with Crippen molar-refractivity contribution in [2.24, 2.45) is 0 Å². The van der Waals surface area contributed by atoms with E-state index in [0.29, 0.717) is 19.6 Å². The van der Waals surface area contributed by atoms with Crippen molar-refractivity contribution in [2.45, 2.75) is 6.04 Å². The molecule has 1 N–H and O–H groups in total. The largest absolute Gasteiger partial charge is 0.318 e. The predicted octanol–water partition coefficient (Wildman–Crippen LogP) is -0.206. The fraction of sp³-hybridized carbons (Fsp3) is 0.500. The summed E-state index contributed by atoms with van der Waals surface area (Å²) in [5.74, 6) is -1.80. The first kappa shape index (κ1) is 9.68. The number of rotatable bonds is 1. The Morgan fingerprint density at radius 1 is 1.77 bits per heavy atom. The van der Waals surface area contributed by atoms with Crippen molar-refractivity contribution < 1.29 is 9.18 Å². The lowest BCUT2D eigenvalue weighted by Gasteiger charge is -2.31. The molecule has 1 fully saturated rings. The second-order valence-corrected chi connectivity index (χ2v) is 2.75. The molecule has 0 aliphatic carbocycles. The van der Waals surface area contributed by atoms with Gasteiger partial charge in [-0.1, -0.05) is 6.58 Å². The van der Waals surface area contributed by atoms with Crippen LogP contribution in [0.1, 0.15) is 0 Å². The van der Waals surface area contributed by atoms with Gasteiger partial charge in [0.15, 0.2) is 5.83 Å². The van der Waals surface area contributed by atoms with Crippen molar-refractivity contribution in [1.82, 2.24) is 10.2 Å². The summed E-state index contributed by atoms with van der Waals surface area (Å²) < 4.78 is 12.5. The number of nitrogens with one attached hydrogen (secondary N) is 1. The highest BCUT2D eigenvalue weighted by atomic mass is 19.1. The highest BCUT2D eigenvalue weighted by Crippen LogP contribution is 2.07. The monoisotopic (exact) mass is 183 g/mol. The maximum Gasteiger partial charge on any atom is 0.283 e. The molecule has 0 bridgehead atoms. The third-order valence-corrected chi connectivity index (χ3v) is 1.89. The Bertz CT molecular complexity index is 271. The Kier molecular flexibility index (Phi) is 2.98. The molecule has 13 heavy (non-hydrogen) atoms. The first-order valence-electron chi connectivity index (χ1n) is 3.92.